The van der Waals surface area contributed by atoms with E-state index in [4.69, 9.17) is 5.41 Å². The van der Waals surface area contributed by atoms with Gasteiger partial charge < -0.3 is 4.90 Å². The summed E-state index contributed by atoms with van der Waals surface area (Å²) in [4.78, 5) is 2.11. The Morgan fingerprint density at radius 1 is 1.14 bits per heavy atom. The summed E-state index contributed by atoms with van der Waals surface area (Å²) in [5.41, 5.74) is 1.16. The number of halogens is 1. The van der Waals surface area contributed by atoms with Crippen molar-refractivity contribution >= 4 is 34.1 Å². The lowest BCUT2D eigenvalue weighted by atomic mass is 10.1. The van der Waals surface area contributed by atoms with Crippen LogP contribution in [0.25, 0.3) is 0 Å². The van der Waals surface area contributed by atoms with Crippen molar-refractivity contribution < 1.29 is 0 Å². The Kier molecular flexibility index (Phi) is 3.05. The van der Waals surface area contributed by atoms with E-state index in [1.165, 1.54) is 16.4 Å². The Hall–Kier alpha value is -0.580. The molecule has 1 aromatic rings. The summed E-state index contributed by atoms with van der Waals surface area (Å²) < 4.78 is 1.25. The second-order valence-electron chi connectivity index (χ2n) is 3.53. The zero-order chi connectivity index (χ0) is 9.97. The van der Waals surface area contributed by atoms with E-state index < -0.39 is 0 Å². The average molecular weight is 300 g/mol. The third-order valence-corrected chi connectivity index (χ3v) is 3.23. The molecule has 2 nitrogen and oxygen atoms in total. The molecule has 1 heterocycles. The quantitative estimate of drug-likeness (QED) is 0.792. The summed E-state index contributed by atoms with van der Waals surface area (Å²) >= 11 is 2.30. The van der Waals surface area contributed by atoms with Crippen molar-refractivity contribution in [3.63, 3.8) is 0 Å². The maximum atomic E-state index is 7.86. The van der Waals surface area contributed by atoms with Gasteiger partial charge in [0.05, 0.1) is 0 Å². The summed E-state index contributed by atoms with van der Waals surface area (Å²) in [6.45, 7) is 0.999. The van der Waals surface area contributed by atoms with E-state index in [-0.39, 0.29) is 0 Å². The number of benzene rings is 1. The minimum atomic E-state index is 0.762. The van der Waals surface area contributed by atoms with E-state index in [0.717, 1.165) is 24.5 Å². The van der Waals surface area contributed by atoms with Crippen molar-refractivity contribution in [3.05, 3.63) is 27.8 Å². The van der Waals surface area contributed by atoms with Crippen LogP contribution >= 0.6 is 22.6 Å². The van der Waals surface area contributed by atoms with E-state index in [0.29, 0.717) is 0 Å². The predicted octanol–water partition coefficient (Wildman–Crippen LogP) is 3.26. The van der Waals surface area contributed by atoms with Crippen molar-refractivity contribution in [1.29, 1.82) is 5.41 Å². The molecule has 1 aliphatic heterocycles. The Balaban J connectivity index is 2.20. The lowest BCUT2D eigenvalue weighted by Crippen LogP contribution is -2.34. The van der Waals surface area contributed by atoms with Crippen molar-refractivity contribution in [2.24, 2.45) is 0 Å². The van der Waals surface area contributed by atoms with Crippen LogP contribution in [0.1, 0.15) is 19.3 Å². The van der Waals surface area contributed by atoms with Gasteiger partial charge in [0.25, 0.3) is 0 Å². The molecule has 2 rings (SSSR count). The average Bonchev–Trinajstić information content (AvgIpc) is 2.20. The molecule has 0 spiro atoms. The maximum Gasteiger partial charge on any atom is 0.100 e. The van der Waals surface area contributed by atoms with Gasteiger partial charge in [0.15, 0.2) is 0 Å². The molecule has 0 amide bonds. The van der Waals surface area contributed by atoms with E-state index in [1.807, 2.05) is 0 Å². The fourth-order valence-electron chi connectivity index (χ4n) is 1.74. The summed E-state index contributed by atoms with van der Waals surface area (Å²) in [5, 5.41) is 7.86. The molecule has 1 fully saturated rings. The molecule has 3 heteroatoms. The molecule has 0 aromatic heterocycles. The summed E-state index contributed by atoms with van der Waals surface area (Å²) in [6, 6.07) is 8.39. The second-order valence-corrected chi connectivity index (χ2v) is 4.78. The topological polar surface area (TPSA) is 27.1 Å². The van der Waals surface area contributed by atoms with Crippen LogP contribution in [0.5, 0.6) is 0 Å². The first-order valence-corrected chi connectivity index (χ1v) is 5.96. The first-order chi connectivity index (χ1) is 6.77. The van der Waals surface area contributed by atoms with Gasteiger partial charge in [-0.3, -0.25) is 5.41 Å². The van der Waals surface area contributed by atoms with Crippen molar-refractivity contribution in [3.8, 4) is 0 Å². The highest BCUT2D eigenvalue weighted by molar-refractivity contribution is 14.1. The van der Waals surface area contributed by atoms with E-state index >= 15 is 0 Å². The number of hydrogen-bond donors (Lipinski definition) is 1. The highest BCUT2D eigenvalue weighted by atomic mass is 127. The van der Waals surface area contributed by atoms with Gasteiger partial charge in [-0.15, -0.1) is 0 Å². The van der Waals surface area contributed by atoms with Gasteiger partial charge in [0, 0.05) is 22.2 Å². The number of amidine groups is 1. The molecule has 0 aliphatic carbocycles. The normalized spacial score (nSPS) is 17.2. The van der Waals surface area contributed by atoms with Crippen LogP contribution in [-0.2, 0) is 0 Å². The predicted molar refractivity (Wildman–Crippen MR) is 68.1 cm³/mol. The van der Waals surface area contributed by atoms with E-state index in [9.17, 15) is 0 Å². The lowest BCUT2D eigenvalue weighted by Gasteiger charge is -2.29. The molecule has 14 heavy (non-hydrogen) atoms. The molecule has 1 aliphatic rings. The van der Waals surface area contributed by atoms with Gasteiger partial charge in [0.2, 0.25) is 0 Å². The fourth-order valence-corrected chi connectivity index (χ4v) is 2.10. The summed E-state index contributed by atoms with van der Waals surface area (Å²) in [7, 11) is 0. The highest BCUT2D eigenvalue weighted by Crippen LogP contribution is 2.21. The standard InChI is InChI=1S/C11H13IN2/c12-9-4-6-10(7-5-9)14-8-2-1-3-11(14)13/h4-7,13H,1-3,8H2. The molecular formula is C11H13IN2. The third-order valence-electron chi connectivity index (χ3n) is 2.51. The molecular weight excluding hydrogens is 287 g/mol. The molecule has 1 N–H and O–H groups in total. The molecule has 0 bridgehead atoms. The lowest BCUT2D eigenvalue weighted by molar-refractivity contribution is 0.707. The largest absolute Gasteiger partial charge is 0.330 e. The Labute approximate surface area is 98.0 Å². The van der Waals surface area contributed by atoms with Crippen molar-refractivity contribution in [2.45, 2.75) is 19.3 Å². The molecule has 74 valence electrons. The third kappa shape index (κ3) is 2.08. The number of rotatable bonds is 1. The van der Waals surface area contributed by atoms with Crippen LogP contribution in [0.4, 0.5) is 5.69 Å². The molecule has 0 unspecified atom stereocenters. The smallest absolute Gasteiger partial charge is 0.100 e. The maximum absolute atomic E-state index is 7.86. The highest BCUT2D eigenvalue weighted by Gasteiger charge is 2.15. The monoisotopic (exact) mass is 300 g/mol. The first-order valence-electron chi connectivity index (χ1n) is 4.88. The minimum Gasteiger partial charge on any atom is -0.330 e. The number of nitrogens with one attached hydrogen (secondary N) is 1. The zero-order valence-electron chi connectivity index (χ0n) is 7.96. The molecule has 0 radical (unpaired) electrons. The van der Waals surface area contributed by atoms with Crippen LogP contribution < -0.4 is 4.90 Å². The van der Waals surface area contributed by atoms with Crippen molar-refractivity contribution in [1.82, 2.24) is 0 Å². The van der Waals surface area contributed by atoms with E-state index in [2.05, 4.69) is 51.8 Å². The van der Waals surface area contributed by atoms with Crippen LogP contribution in [-0.4, -0.2) is 12.4 Å². The Morgan fingerprint density at radius 3 is 2.50 bits per heavy atom. The Bertz CT molecular complexity index is 332. The molecule has 1 aromatic carbocycles. The van der Waals surface area contributed by atoms with Crippen LogP contribution in [0.3, 0.4) is 0 Å². The van der Waals surface area contributed by atoms with Gasteiger partial charge in [-0.2, -0.15) is 0 Å². The molecule has 1 saturated heterocycles. The number of nitrogens with zero attached hydrogens (tertiary/aromatic N) is 1. The van der Waals surface area contributed by atoms with Crippen LogP contribution in [0, 0.1) is 8.98 Å². The first kappa shape index (κ1) is 9.96. The van der Waals surface area contributed by atoms with E-state index in [1.54, 1.807) is 0 Å². The van der Waals surface area contributed by atoms with Crippen molar-refractivity contribution in [2.75, 3.05) is 11.4 Å². The molecule has 0 atom stereocenters. The van der Waals surface area contributed by atoms with Gasteiger partial charge in [0.1, 0.15) is 5.84 Å². The van der Waals surface area contributed by atoms with Gasteiger partial charge in [-0.1, -0.05) is 0 Å². The summed E-state index contributed by atoms with van der Waals surface area (Å²) in [5.74, 6) is 0.762. The zero-order valence-corrected chi connectivity index (χ0v) is 10.1. The fraction of sp³-hybridized carbons (Fsp3) is 0.364. The number of hydrogen-bond acceptors (Lipinski definition) is 1. The molecule has 0 saturated carbocycles. The van der Waals surface area contributed by atoms with Gasteiger partial charge >= 0.3 is 0 Å². The summed E-state index contributed by atoms with van der Waals surface area (Å²) in [6.07, 6.45) is 3.29. The van der Waals surface area contributed by atoms with Gasteiger partial charge in [-0.05, 0) is 59.7 Å². The SMILES string of the molecule is N=C1CCCCN1c1ccc(I)cc1. The minimum absolute atomic E-state index is 0.762. The second kappa shape index (κ2) is 4.29. The number of anilines is 1. The van der Waals surface area contributed by atoms with Crippen LogP contribution in [0.15, 0.2) is 24.3 Å². The van der Waals surface area contributed by atoms with Gasteiger partial charge in [-0.25, -0.2) is 0 Å². The number of piperidine rings is 1. The van der Waals surface area contributed by atoms with Crippen LogP contribution in [0.2, 0.25) is 0 Å². The Morgan fingerprint density at radius 2 is 1.86 bits per heavy atom.